The van der Waals surface area contributed by atoms with Gasteiger partial charge in [-0.3, -0.25) is 4.79 Å². The monoisotopic (exact) mass is 519 g/mol. The molecule has 9 nitrogen and oxygen atoms in total. The van der Waals surface area contributed by atoms with Crippen LogP contribution in [0.5, 0.6) is 0 Å². The molecule has 1 aliphatic rings. The Bertz CT molecular complexity index is 1530. The minimum Gasteiger partial charge on any atom is -0.478 e. The van der Waals surface area contributed by atoms with E-state index in [1.54, 1.807) is 51.1 Å². The second-order valence-electron chi connectivity index (χ2n) is 9.15. The van der Waals surface area contributed by atoms with Gasteiger partial charge in [-0.05, 0) is 26.8 Å². The molecule has 0 saturated carbocycles. The van der Waals surface area contributed by atoms with Crippen molar-refractivity contribution in [3.63, 3.8) is 0 Å². The lowest BCUT2D eigenvalue weighted by Gasteiger charge is -2.38. The van der Waals surface area contributed by atoms with Crippen molar-refractivity contribution in [1.29, 1.82) is 0 Å². The molecule has 2 atom stereocenters. The van der Waals surface area contributed by atoms with Gasteiger partial charge in [0.05, 0.1) is 48.8 Å². The van der Waals surface area contributed by atoms with E-state index in [0.29, 0.717) is 28.1 Å². The Morgan fingerprint density at radius 1 is 1.03 bits per heavy atom. The van der Waals surface area contributed by atoms with E-state index in [9.17, 15) is 29.7 Å². The van der Waals surface area contributed by atoms with Crippen molar-refractivity contribution in [1.82, 2.24) is 4.90 Å². The molecule has 0 radical (unpaired) electrons. The predicted molar refractivity (Wildman–Crippen MR) is 140 cm³/mol. The normalized spacial score (nSPS) is 16.7. The number of hydrogen-bond donors (Lipinski definition) is 3. The topological polar surface area (TPSA) is 138 Å². The molecule has 198 valence electrons. The van der Waals surface area contributed by atoms with Gasteiger partial charge < -0.3 is 29.4 Å². The van der Waals surface area contributed by atoms with Gasteiger partial charge in [0.25, 0.3) is 0 Å². The number of fused-ring (bicyclic) bond motifs is 1. The number of carbonyl (C=O) groups is 2. The Kier molecular flexibility index (Phi) is 7.52. The van der Waals surface area contributed by atoms with Crippen LogP contribution in [0.25, 0.3) is 22.3 Å². The molecule has 2 heterocycles. The zero-order chi connectivity index (χ0) is 27.7. The first-order valence-corrected chi connectivity index (χ1v) is 12.0. The summed E-state index contributed by atoms with van der Waals surface area (Å²) in [7, 11) is 1.19. The van der Waals surface area contributed by atoms with Crippen LogP contribution in [0.4, 0.5) is 0 Å². The van der Waals surface area contributed by atoms with Crippen molar-refractivity contribution in [2.24, 2.45) is 0 Å². The molecule has 3 aromatic rings. The molecule has 1 aromatic heterocycles. The summed E-state index contributed by atoms with van der Waals surface area (Å²) >= 11 is 0. The van der Waals surface area contributed by atoms with Crippen molar-refractivity contribution in [2.45, 2.75) is 32.8 Å². The van der Waals surface area contributed by atoms with Gasteiger partial charge in [-0.2, -0.15) is 0 Å². The third kappa shape index (κ3) is 4.51. The predicted octanol–water partition coefficient (Wildman–Crippen LogP) is 3.33. The van der Waals surface area contributed by atoms with Gasteiger partial charge >= 0.3 is 11.9 Å². The number of nitrogens with zero attached hydrogens (tertiary/aromatic N) is 1. The molecule has 0 bridgehead atoms. The molecule has 0 amide bonds. The third-order valence-electron chi connectivity index (χ3n) is 6.93. The van der Waals surface area contributed by atoms with E-state index in [4.69, 9.17) is 9.15 Å². The number of methoxy groups -OCH3 is 1. The average Bonchev–Trinajstić information content (AvgIpc) is 2.92. The van der Waals surface area contributed by atoms with E-state index in [2.05, 4.69) is 0 Å². The van der Waals surface area contributed by atoms with E-state index in [-0.39, 0.29) is 39.8 Å². The van der Waals surface area contributed by atoms with Gasteiger partial charge in [0.2, 0.25) is 0 Å². The van der Waals surface area contributed by atoms with Crippen LogP contribution in [0.2, 0.25) is 0 Å². The molecule has 0 aliphatic carbocycles. The lowest BCUT2D eigenvalue weighted by Crippen LogP contribution is -2.39. The molecule has 0 fully saturated rings. The molecule has 38 heavy (non-hydrogen) atoms. The van der Waals surface area contributed by atoms with Crippen LogP contribution in [0.1, 0.15) is 30.9 Å². The SMILES string of the molecule is COC(=O)C1=C(C)N(CC(O)CO)C(C)=C(C(=O)O)C1c1cccc2c(=O)c(C)c(-c3ccccc3)oc12. The first-order chi connectivity index (χ1) is 18.1. The van der Waals surface area contributed by atoms with Gasteiger partial charge in [0.15, 0.2) is 5.43 Å². The number of carboxylic acids is 1. The van der Waals surface area contributed by atoms with E-state index < -0.39 is 30.6 Å². The fourth-order valence-electron chi connectivity index (χ4n) is 5.04. The minimum absolute atomic E-state index is 0.0256. The highest BCUT2D eigenvalue weighted by Gasteiger charge is 2.41. The highest BCUT2D eigenvalue weighted by molar-refractivity contribution is 6.00. The number of aliphatic hydroxyl groups is 2. The molecular formula is C29H29NO8. The average molecular weight is 520 g/mol. The number of esters is 1. The highest BCUT2D eigenvalue weighted by Crippen LogP contribution is 2.44. The molecule has 2 aromatic carbocycles. The number of ether oxygens (including phenoxy) is 1. The van der Waals surface area contributed by atoms with Gasteiger partial charge in [-0.1, -0.05) is 42.5 Å². The molecule has 0 saturated heterocycles. The Morgan fingerprint density at radius 3 is 2.29 bits per heavy atom. The van der Waals surface area contributed by atoms with Crippen LogP contribution in [-0.4, -0.2) is 58.5 Å². The molecule has 4 rings (SSSR count). The van der Waals surface area contributed by atoms with Gasteiger partial charge in [-0.15, -0.1) is 0 Å². The van der Waals surface area contributed by atoms with E-state index in [1.165, 1.54) is 12.0 Å². The quantitative estimate of drug-likeness (QED) is 0.401. The summed E-state index contributed by atoms with van der Waals surface area (Å²) in [5.41, 5.74) is 1.80. The van der Waals surface area contributed by atoms with Gasteiger partial charge in [0, 0.05) is 28.1 Å². The Hall–Kier alpha value is -4.21. The summed E-state index contributed by atoms with van der Waals surface area (Å²) in [5, 5.41) is 30.1. The minimum atomic E-state index is -1.29. The van der Waals surface area contributed by atoms with E-state index >= 15 is 0 Å². The summed E-state index contributed by atoms with van der Waals surface area (Å²) in [4.78, 5) is 40.8. The largest absolute Gasteiger partial charge is 0.478 e. The summed E-state index contributed by atoms with van der Waals surface area (Å²) in [6, 6.07) is 13.9. The maximum atomic E-state index is 13.4. The molecule has 9 heteroatoms. The van der Waals surface area contributed by atoms with Crippen LogP contribution >= 0.6 is 0 Å². The Morgan fingerprint density at radius 2 is 1.68 bits per heavy atom. The third-order valence-corrected chi connectivity index (χ3v) is 6.93. The zero-order valence-corrected chi connectivity index (χ0v) is 21.5. The van der Waals surface area contributed by atoms with Gasteiger partial charge in [0.1, 0.15) is 11.3 Å². The van der Waals surface area contributed by atoms with Crippen LogP contribution in [0, 0.1) is 6.92 Å². The first-order valence-electron chi connectivity index (χ1n) is 12.0. The molecule has 0 spiro atoms. The fourth-order valence-corrected chi connectivity index (χ4v) is 5.04. The standard InChI is InChI=1S/C29H29NO8/c1-15-25(33)21-12-8-11-20(27(21)38-26(15)18-9-6-5-7-10-18)24-22(28(34)35)16(2)30(13-19(32)14-31)17(3)23(24)29(36)37-4/h5-12,19,24,31-32H,13-14H2,1-4H3,(H,34,35). The van der Waals surface area contributed by atoms with Crippen molar-refractivity contribution in [2.75, 3.05) is 20.3 Å². The molecule has 1 aliphatic heterocycles. The number of hydrogen-bond acceptors (Lipinski definition) is 8. The summed E-state index contributed by atoms with van der Waals surface area (Å²) in [6.07, 6.45) is -1.18. The molecule has 2 unspecified atom stereocenters. The molecule has 3 N–H and O–H groups in total. The number of carbonyl (C=O) groups excluding carboxylic acids is 1. The number of para-hydroxylation sites is 1. The number of benzene rings is 2. The maximum absolute atomic E-state index is 13.4. The number of allylic oxidation sites excluding steroid dienone is 2. The number of β-amino-alcohol motifs (C(OH)–C–C–N with tert-alkyl or cyclic N) is 1. The maximum Gasteiger partial charge on any atom is 0.336 e. The number of rotatable bonds is 7. The summed E-state index contributed by atoms with van der Waals surface area (Å²) in [6.45, 7) is 4.17. The lowest BCUT2D eigenvalue weighted by molar-refractivity contribution is -0.136. The second-order valence-corrected chi connectivity index (χ2v) is 9.15. The lowest BCUT2D eigenvalue weighted by atomic mass is 9.79. The second kappa shape index (κ2) is 10.6. The number of aliphatic carboxylic acids is 1. The van der Waals surface area contributed by atoms with E-state index in [1.807, 2.05) is 18.2 Å². The Labute approximate surface area is 218 Å². The summed E-state index contributed by atoms with van der Waals surface area (Å²) in [5.74, 6) is -2.85. The zero-order valence-electron chi connectivity index (χ0n) is 21.5. The van der Waals surface area contributed by atoms with Crippen LogP contribution in [0.15, 0.2) is 80.3 Å². The first kappa shape index (κ1) is 26.8. The van der Waals surface area contributed by atoms with Crippen LogP contribution < -0.4 is 5.43 Å². The van der Waals surface area contributed by atoms with Crippen LogP contribution in [-0.2, 0) is 14.3 Å². The Balaban J connectivity index is 2.08. The van der Waals surface area contributed by atoms with Crippen molar-refractivity contribution in [3.05, 3.63) is 92.4 Å². The fraction of sp³-hybridized carbons (Fsp3) is 0.276. The number of aliphatic hydroxyl groups excluding tert-OH is 2. The van der Waals surface area contributed by atoms with Crippen molar-refractivity contribution in [3.8, 4) is 11.3 Å². The number of carboxylic acid groups (broad SMARTS) is 1. The van der Waals surface area contributed by atoms with Crippen molar-refractivity contribution < 1.29 is 34.1 Å². The smallest absolute Gasteiger partial charge is 0.336 e. The van der Waals surface area contributed by atoms with E-state index in [0.717, 1.165) is 0 Å². The van der Waals surface area contributed by atoms with Gasteiger partial charge in [-0.25, -0.2) is 9.59 Å². The van der Waals surface area contributed by atoms with Crippen LogP contribution in [0.3, 0.4) is 0 Å². The van der Waals surface area contributed by atoms with Crippen molar-refractivity contribution >= 4 is 22.9 Å². The molecular weight excluding hydrogens is 490 g/mol. The summed E-state index contributed by atoms with van der Waals surface area (Å²) < 4.78 is 11.4. The highest BCUT2D eigenvalue weighted by atomic mass is 16.5.